The summed E-state index contributed by atoms with van der Waals surface area (Å²) in [7, 11) is 0. The van der Waals surface area contributed by atoms with Gasteiger partial charge in [0.15, 0.2) is 0 Å². The zero-order valence-electron chi connectivity index (χ0n) is 23.2. The van der Waals surface area contributed by atoms with Crippen LogP contribution >= 0.6 is 0 Å². The second-order valence-corrected chi connectivity index (χ2v) is 11.7. The minimum Gasteiger partial charge on any atom is -0.309 e. The molecule has 38 heavy (non-hydrogen) atoms. The molecular weight excluding hydrogens is 481 g/mol. The van der Waals surface area contributed by atoms with E-state index < -0.39 is 23.6 Å². The molecule has 0 aromatic heterocycles. The fourth-order valence-corrected chi connectivity index (χ4v) is 6.57. The first kappa shape index (κ1) is 28.9. The van der Waals surface area contributed by atoms with Crippen molar-refractivity contribution in [2.24, 2.45) is 11.8 Å². The first-order valence-corrected chi connectivity index (χ1v) is 14.9. The SMILES string of the molecule is C=CC1CCC(c2ccc(C(F)(F)OC(C)c3ccc(C4CCC(CCCCC)CC4)cc3)c(F)c2)CC1. The van der Waals surface area contributed by atoms with Crippen LogP contribution in [0.1, 0.15) is 131 Å². The minimum absolute atomic E-state index is 0.206. The molecule has 2 aliphatic carbocycles. The Hall–Kier alpha value is -2.07. The Bertz CT molecular complexity index is 1010. The molecule has 4 rings (SSSR count). The molecule has 2 aromatic rings. The molecule has 0 radical (unpaired) electrons. The highest BCUT2D eigenvalue weighted by Crippen LogP contribution is 2.41. The molecule has 208 valence electrons. The van der Waals surface area contributed by atoms with Gasteiger partial charge in [0.25, 0.3) is 0 Å². The molecule has 0 saturated heterocycles. The molecule has 2 fully saturated rings. The highest BCUT2D eigenvalue weighted by molar-refractivity contribution is 5.30. The maximum Gasteiger partial charge on any atom is 0.386 e. The van der Waals surface area contributed by atoms with Crippen molar-refractivity contribution in [3.63, 3.8) is 0 Å². The fourth-order valence-electron chi connectivity index (χ4n) is 6.57. The zero-order valence-corrected chi connectivity index (χ0v) is 23.2. The number of ether oxygens (including phenoxy) is 1. The summed E-state index contributed by atoms with van der Waals surface area (Å²) in [5.41, 5.74) is 2.06. The molecule has 0 N–H and O–H groups in total. The van der Waals surface area contributed by atoms with Gasteiger partial charge in [-0.05, 0) is 111 Å². The standard InChI is InChI=1S/C34H45F3O/c1-4-6-7-8-26-11-15-28(16-12-26)29-19-17-27(18-20-29)24(3)38-34(36,37)32-22-21-31(23-33(32)35)30-13-9-25(5-2)10-14-30/h5,17-26,28,30H,2,4,6-16H2,1,3H3. The summed E-state index contributed by atoms with van der Waals surface area (Å²) < 4.78 is 50.2. The van der Waals surface area contributed by atoms with Gasteiger partial charge in [-0.3, -0.25) is 0 Å². The molecule has 2 aliphatic rings. The molecule has 0 bridgehead atoms. The smallest absolute Gasteiger partial charge is 0.309 e. The van der Waals surface area contributed by atoms with Crippen LogP contribution in [0, 0.1) is 17.7 Å². The predicted molar refractivity (Wildman–Crippen MR) is 150 cm³/mol. The van der Waals surface area contributed by atoms with E-state index in [-0.39, 0.29) is 5.92 Å². The lowest BCUT2D eigenvalue weighted by Gasteiger charge is -2.29. The number of unbranched alkanes of at least 4 members (excludes halogenated alkanes) is 2. The second-order valence-electron chi connectivity index (χ2n) is 11.7. The maximum atomic E-state index is 15.1. The Balaban J connectivity index is 1.33. The highest BCUT2D eigenvalue weighted by Gasteiger charge is 2.38. The van der Waals surface area contributed by atoms with Crippen LogP contribution in [0.5, 0.6) is 0 Å². The summed E-state index contributed by atoms with van der Waals surface area (Å²) in [5, 5.41) is 0. The summed E-state index contributed by atoms with van der Waals surface area (Å²) in [5.74, 6) is 1.21. The van der Waals surface area contributed by atoms with Gasteiger partial charge in [0.1, 0.15) is 5.82 Å². The molecule has 1 nitrogen and oxygen atoms in total. The molecule has 0 aliphatic heterocycles. The Morgan fingerprint density at radius 3 is 2.11 bits per heavy atom. The summed E-state index contributed by atoms with van der Waals surface area (Å²) in [6, 6.07) is 12.0. The number of alkyl halides is 2. The summed E-state index contributed by atoms with van der Waals surface area (Å²) in [6.07, 6.45) is 11.5. The summed E-state index contributed by atoms with van der Waals surface area (Å²) >= 11 is 0. The lowest BCUT2D eigenvalue weighted by molar-refractivity contribution is -0.273. The zero-order chi connectivity index (χ0) is 27.1. The van der Waals surface area contributed by atoms with Crippen LogP contribution < -0.4 is 0 Å². The van der Waals surface area contributed by atoms with Crippen LogP contribution in [0.4, 0.5) is 13.2 Å². The van der Waals surface area contributed by atoms with Crippen LogP contribution in [-0.2, 0) is 10.8 Å². The van der Waals surface area contributed by atoms with Gasteiger partial charge in [0, 0.05) is 0 Å². The predicted octanol–water partition coefficient (Wildman–Crippen LogP) is 11.0. The molecule has 4 heteroatoms. The molecular formula is C34H45F3O. The third kappa shape index (κ3) is 7.31. The lowest BCUT2D eigenvalue weighted by Crippen LogP contribution is -2.22. The largest absolute Gasteiger partial charge is 0.386 e. The van der Waals surface area contributed by atoms with E-state index >= 15 is 8.78 Å². The van der Waals surface area contributed by atoms with Gasteiger partial charge in [-0.1, -0.05) is 69.0 Å². The molecule has 1 atom stereocenters. The van der Waals surface area contributed by atoms with Crippen LogP contribution in [0.15, 0.2) is 55.1 Å². The van der Waals surface area contributed by atoms with Crippen molar-refractivity contribution in [3.05, 3.63) is 83.2 Å². The van der Waals surface area contributed by atoms with Crippen LogP contribution in [-0.4, -0.2) is 0 Å². The second kappa shape index (κ2) is 13.3. The average molecular weight is 527 g/mol. The fraction of sp³-hybridized carbons (Fsp3) is 0.588. The maximum absolute atomic E-state index is 15.1. The molecule has 1 unspecified atom stereocenters. The Morgan fingerprint density at radius 1 is 0.895 bits per heavy atom. The number of hydrogen-bond acceptors (Lipinski definition) is 1. The number of benzene rings is 2. The Kier molecular flexibility index (Phi) is 10.1. The highest BCUT2D eigenvalue weighted by atomic mass is 19.3. The van der Waals surface area contributed by atoms with Gasteiger partial charge in [-0.15, -0.1) is 6.58 Å². The number of allylic oxidation sites excluding steroid dienone is 1. The van der Waals surface area contributed by atoms with E-state index in [4.69, 9.17) is 4.74 Å². The van der Waals surface area contributed by atoms with Gasteiger partial charge >= 0.3 is 6.11 Å². The third-order valence-corrected chi connectivity index (χ3v) is 9.15. The van der Waals surface area contributed by atoms with Gasteiger partial charge < -0.3 is 4.74 Å². The molecule has 2 saturated carbocycles. The van der Waals surface area contributed by atoms with Crippen molar-refractivity contribution in [1.82, 2.24) is 0 Å². The van der Waals surface area contributed by atoms with E-state index in [1.165, 1.54) is 69.1 Å². The van der Waals surface area contributed by atoms with Crippen molar-refractivity contribution in [2.75, 3.05) is 0 Å². The van der Waals surface area contributed by atoms with E-state index in [1.807, 2.05) is 18.2 Å². The summed E-state index contributed by atoms with van der Waals surface area (Å²) in [4.78, 5) is 0. The van der Waals surface area contributed by atoms with E-state index in [0.717, 1.165) is 37.2 Å². The average Bonchev–Trinajstić information content (AvgIpc) is 2.93. The Morgan fingerprint density at radius 2 is 1.50 bits per heavy atom. The molecule has 0 heterocycles. The van der Waals surface area contributed by atoms with Gasteiger partial charge in [-0.2, -0.15) is 8.78 Å². The number of hydrogen-bond donors (Lipinski definition) is 0. The normalized spacial score (nSPS) is 25.2. The van der Waals surface area contributed by atoms with E-state index in [1.54, 1.807) is 13.0 Å². The first-order chi connectivity index (χ1) is 18.3. The first-order valence-electron chi connectivity index (χ1n) is 14.9. The quantitative estimate of drug-likeness (QED) is 0.209. The van der Waals surface area contributed by atoms with E-state index in [2.05, 4.69) is 25.6 Å². The lowest BCUT2D eigenvalue weighted by atomic mass is 9.77. The molecule has 0 amide bonds. The van der Waals surface area contributed by atoms with Gasteiger partial charge in [0.2, 0.25) is 0 Å². The van der Waals surface area contributed by atoms with Crippen LogP contribution in [0.3, 0.4) is 0 Å². The number of rotatable bonds is 11. The van der Waals surface area contributed by atoms with E-state index in [9.17, 15) is 4.39 Å². The van der Waals surface area contributed by atoms with Gasteiger partial charge in [0.05, 0.1) is 11.7 Å². The number of halogens is 3. The van der Waals surface area contributed by atoms with Crippen LogP contribution in [0.25, 0.3) is 0 Å². The van der Waals surface area contributed by atoms with E-state index in [0.29, 0.717) is 17.4 Å². The van der Waals surface area contributed by atoms with Crippen molar-refractivity contribution in [2.45, 2.75) is 115 Å². The monoisotopic (exact) mass is 526 g/mol. The van der Waals surface area contributed by atoms with Crippen molar-refractivity contribution < 1.29 is 17.9 Å². The van der Waals surface area contributed by atoms with Crippen LogP contribution in [0.2, 0.25) is 0 Å². The topological polar surface area (TPSA) is 9.23 Å². The third-order valence-electron chi connectivity index (χ3n) is 9.15. The molecule has 2 aromatic carbocycles. The van der Waals surface area contributed by atoms with Crippen molar-refractivity contribution in [3.8, 4) is 0 Å². The van der Waals surface area contributed by atoms with Crippen molar-refractivity contribution >= 4 is 0 Å². The summed E-state index contributed by atoms with van der Waals surface area (Å²) in [6.45, 7) is 7.72. The van der Waals surface area contributed by atoms with Gasteiger partial charge in [-0.25, -0.2) is 4.39 Å². The van der Waals surface area contributed by atoms with Crippen molar-refractivity contribution in [1.29, 1.82) is 0 Å². The Labute approximate surface area is 227 Å². The minimum atomic E-state index is -3.71. The molecule has 0 spiro atoms.